The normalized spacial score (nSPS) is 36.7. The van der Waals surface area contributed by atoms with Gasteiger partial charge >= 0.3 is 0 Å². The van der Waals surface area contributed by atoms with Crippen LogP contribution in [0.5, 0.6) is 0 Å². The van der Waals surface area contributed by atoms with Crippen LogP contribution in [0.15, 0.2) is 0 Å². The van der Waals surface area contributed by atoms with Gasteiger partial charge in [0.1, 0.15) is 0 Å². The monoisotopic (exact) mass is 228 g/mol. The van der Waals surface area contributed by atoms with Crippen molar-refractivity contribution >= 4 is 17.7 Å². The molecule has 2 aliphatic rings. The highest BCUT2D eigenvalue weighted by Gasteiger charge is 2.27. The van der Waals surface area contributed by atoms with Crippen molar-refractivity contribution in [3.63, 3.8) is 0 Å². The molecule has 1 aliphatic heterocycles. The molecule has 0 spiro atoms. The molecule has 0 aromatic heterocycles. The minimum atomic E-state index is -0.109. The molecule has 2 fully saturated rings. The van der Waals surface area contributed by atoms with E-state index in [0.29, 0.717) is 12.1 Å². The second kappa shape index (κ2) is 5.21. The van der Waals surface area contributed by atoms with Crippen molar-refractivity contribution in [1.82, 2.24) is 5.32 Å². The van der Waals surface area contributed by atoms with E-state index in [9.17, 15) is 4.79 Å². The summed E-state index contributed by atoms with van der Waals surface area (Å²) in [6.45, 7) is 0. The number of hydrogen-bond acceptors (Lipinski definition) is 3. The van der Waals surface area contributed by atoms with Crippen LogP contribution in [0.25, 0.3) is 0 Å². The average molecular weight is 228 g/mol. The van der Waals surface area contributed by atoms with Gasteiger partial charge in [-0.25, -0.2) is 0 Å². The summed E-state index contributed by atoms with van der Waals surface area (Å²) in [4.78, 5) is 11.1. The first-order chi connectivity index (χ1) is 7.25. The van der Waals surface area contributed by atoms with Crippen LogP contribution in [-0.2, 0) is 4.79 Å². The van der Waals surface area contributed by atoms with E-state index >= 15 is 0 Å². The zero-order chi connectivity index (χ0) is 10.7. The number of thioether (sulfide) groups is 1. The maximum Gasteiger partial charge on any atom is 0.220 e. The summed E-state index contributed by atoms with van der Waals surface area (Å²) in [5.41, 5.74) is 5.37. The lowest BCUT2D eigenvalue weighted by Crippen LogP contribution is -2.43. The SMILES string of the molecule is NC(=O)C1CCCC(NC2CCSC2)C1. The Balaban J connectivity index is 1.79. The van der Waals surface area contributed by atoms with Gasteiger partial charge in [0.25, 0.3) is 0 Å². The van der Waals surface area contributed by atoms with Crippen molar-refractivity contribution in [2.24, 2.45) is 11.7 Å². The molecule has 1 saturated heterocycles. The number of primary amides is 1. The second-order valence-corrected chi connectivity index (χ2v) is 5.84. The van der Waals surface area contributed by atoms with Crippen LogP contribution in [-0.4, -0.2) is 29.5 Å². The fourth-order valence-corrected chi connectivity index (χ4v) is 3.76. The molecule has 1 saturated carbocycles. The van der Waals surface area contributed by atoms with Crippen molar-refractivity contribution in [2.75, 3.05) is 11.5 Å². The van der Waals surface area contributed by atoms with E-state index < -0.39 is 0 Å². The van der Waals surface area contributed by atoms with E-state index in [-0.39, 0.29) is 11.8 Å². The number of hydrogen-bond donors (Lipinski definition) is 2. The van der Waals surface area contributed by atoms with E-state index in [4.69, 9.17) is 5.73 Å². The van der Waals surface area contributed by atoms with E-state index in [0.717, 1.165) is 19.3 Å². The van der Waals surface area contributed by atoms with Crippen molar-refractivity contribution in [3.05, 3.63) is 0 Å². The Hall–Kier alpha value is -0.220. The lowest BCUT2D eigenvalue weighted by molar-refractivity contribution is -0.122. The summed E-state index contributed by atoms with van der Waals surface area (Å²) in [6, 6.07) is 1.20. The lowest BCUT2D eigenvalue weighted by Gasteiger charge is -2.30. The molecule has 1 aliphatic carbocycles. The van der Waals surface area contributed by atoms with Gasteiger partial charge in [0.15, 0.2) is 0 Å². The first-order valence-electron chi connectivity index (χ1n) is 5.89. The molecule has 86 valence electrons. The van der Waals surface area contributed by atoms with Crippen molar-refractivity contribution < 1.29 is 4.79 Å². The zero-order valence-electron chi connectivity index (χ0n) is 9.08. The van der Waals surface area contributed by atoms with Crippen LogP contribution in [0.4, 0.5) is 0 Å². The largest absolute Gasteiger partial charge is 0.369 e. The van der Waals surface area contributed by atoms with Crippen LogP contribution in [0.1, 0.15) is 32.1 Å². The smallest absolute Gasteiger partial charge is 0.220 e. The summed E-state index contributed by atoms with van der Waals surface area (Å²) in [6.07, 6.45) is 5.59. The Morgan fingerprint density at radius 1 is 1.27 bits per heavy atom. The Morgan fingerprint density at radius 3 is 2.80 bits per heavy atom. The molecule has 3 atom stereocenters. The second-order valence-electron chi connectivity index (χ2n) is 4.69. The molecule has 3 nitrogen and oxygen atoms in total. The lowest BCUT2D eigenvalue weighted by atomic mass is 9.85. The molecule has 0 aromatic carbocycles. The van der Waals surface area contributed by atoms with Gasteiger partial charge in [0.05, 0.1) is 0 Å². The van der Waals surface area contributed by atoms with Gasteiger partial charge in [-0.15, -0.1) is 0 Å². The molecule has 0 aromatic rings. The molecular formula is C11H20N2OS. The maximum atomic E-state index is 11.1. The Kier molecular flexibility index (Phi) is 3.92. The van der Waals surface area contributed by atoms with Crippen molar-refractivity contribution in [1.29, 1.82) is 0 Å². The molecular weight excluding hydrogens is 208 g/mol. The predicted molar refractivity (Wildman–Crippen MR) is 63.8 cm³/mol. The maximum absolute atomic E-state index is 11.1. The minimum Gasteiger partial charge on any atom is -0.369 e. The number of nitrogens with one attached hydrogen (secondary N) is 1. The van der Waals surface area contributed by atoms with Gasteiger partial charge in [-0.1, -0.05) is 6.42 Å². The Bertz CT molecular complexity index is 229. The highest BCUT2D eigenvalue weighted by Crippen LogP contribution is 2.26. The van der Waals surface area contributed by atoms with Crippen molar-refractivity contribution in [2.45, 2.75) is 44.2 Å². The third-order valence-corrected chi connectivity index (χ3v) is 4.64. The number of carbonyl (C=O) groups excluding carboxylic acids is 1. The average Bonchev–Trinajstić information content (AvgIpc) is 2.71. The number of rotatable bonds is 3. The summed E-state index contributed by atoms with van der Waals surface area (Å²) in [7, 11) is 0. The molecule has 2 rings (SSSR count). The molecule has 4 heteroatoms. The molecule has 0 radical (unpaired) electrons. The highest BCUT2D eigenvalue weighted by molar-refractivity contribution is 7.99. The Morgan fingerprint density at radius 2 is 2.13 bits per heavy atom. The number of carbonyl (C=O) groups is 1. The fourth-order valence-electron chi connectivity index (χ4n) is 2.60. The van der Waals surface area contributed by atoms with Crippen LogP contribution in [0, 0.1) is 5.92 Å². The van der Waals surface area contributed by atoms with Crippen LogP contribution >= 0.6 is 11.8 Å². The Labute approximate surface area is 95.6 Å². The van der Waals surface area contributed by atoms with Gasteiger partial charge in [-0.2, -0.15) is 11.8 Å². The number of nitrogens with two attached hydrogens (primary N) is 1. The van der Waals surface area contributed by atoms with E-state index in [1.54, 1.807) is 0 Å². The summed E-state index contributed by atoms with van der Waals surface area (Å²) in [5.74, 6) is 2.52. The van der Waals surface area contributed by atoms with Crippen LogP contribution < -0.4 is 11.1 Å². The van der Waals surface area contributed by atoms with E-state index in [1.165, 1.54) is 24.3 Å². The van der Waals surface area contributed by atoms with Crippen LogP contribution in [0.2, 0.25) is 0 Å². The molecule has 1 heterocycles. The summed E-state index contributed by atoms with van der Waals surface area (Å²) < 4.78 is 0. The first kappa shape index (κ1) is 11.3. The number of amides is 1. The summed E-state index contributed by atoms with van der Waals surface area (Å²) in [5, 5.41) is 3.67. The third-order valence-electron chi connectivity index (χ3n) is 3.48. The highest BCUT2D eigenvalue weighted by atomic mass is 32.2. The van der Waals surface area contributed by atoms with Gasteiger partial charge < -0.3 is 11.1 Å². The van der Waals surface area contributed by atoms with Gasteiger partial charge in [0.2, 0.25) is 5.91 Å². The fraction of sp³-hybridized carbons (Fsp3) is 0.909. The molecule has 1 amide bonds. The van der Waals surface area contributed by atoms with Gasteiger partial charge in [0, 0.05) is 23.8 Å². The van der Waals surface area contributed by atoms with Crippen molar-refractivity contribution in [3.8, 4) is 0 Å². The minimum absolute atomic E-state index is 0.109. The standard InChI is InChI=1S/C11H20N2OS/c12-11(14)8-2-1-3-9(6-8)13-10-4-5-15-7-10/h8-10,13H,1-7H2,(H2,12,14). The topological polar surface area (TPSA) is 55.1 Å². The predicted octanol–water partition coefficient (Wildman–Crippen LogP) is 1.13. The van der Waals surface area contributed by atoms with Gasteiger partial charge in [-0.05, 0) is 31.4 Å². The molecule has 3 N–H and O–H groups in total. The van der Waals surface area contributed by atoms with E-state index in [1.807, 2.05) is 11.8 Å². The quantitative estimate of drug-likeness (QED) is 0.761. The zero-order valence-corrected chi connectivity index (χ0v) is 9.89. The third kappa shape index (κ3) is 3.11. The molecule has 15 heavy (non-hydrogen) atoms. The van der Waals surface area contributed by atoms with Gasteiger partial charge in [-0.3, -0.25) is 4.79 Å². The van der Waals surface area contributed by atoms with E-state index in [2.05, 4.69) is 5.32 Å². The molecule has 0 bridgehead atoms. The summed E-state index contributed by atoms with van der Waals surface area (Å²) >= 11 is 2.02. The van der Waals surface area contributed by atoms with Crippen LogP contribution in [0.3, 0.4) is 0 Å². The molecule has 3 unspecified atom stereocenters. The first-order valence-corrected chi connectivity index (χ1v) is 7.04.